The Hall–Kier alpha value is -2.30. The van der Waals surface area contributed by atoms with Crippen LogP contribution in [0, 0.1) is 6.92 Å². The zero-order valence-corrected chi connectivity index (χ0v) is 8.71. The van der Waals surface area contributed by atoms with Crippen molar-refractivity contribution >= 4 is 11.7 Å². The van der Waals surface area contributed by atoms with Gasteiger partial charge in [0.15, 0.2) is 0 Å². The van der Waals surface area contributed by atoms with Crippen LogP contribution in [0.15, 0.2) is 30.5 Å². The Kier molecular flexibility index (Phi) is 2.36. The van der Waals surface area contributed by atoms with Gasteiger partial charge in [-0.15, -0.1) is 0 Å². The number of nitrogens with two attached hydrogens (primary N) is 1. The van der Waals surface area contributed by atoms with Crippen molar-refractivity contribution in [3.8, 4) is 5.69 Å². The van der Waals surface area contributed by atoms with Gasteiger partial charge in [0.25, 0.3) is 0 Å². The van der Waals surface area contributed by atoms with E-state index in [2.05, 4.69) is 5.10 Å². The molecular weight excluding hydrogens is 206 g/mol. The Morgan fingerprint density at radius 1 is 1.50 bits per heavy atom. The summed E-state index contributed by atoms with van der Waals surface area (Å²) < 4.78 is 1.51. The van der Waals surface area contributed by atoms with Crippen molar-refractivity contribution in [3.05, 3.63) is 41.7 Å². The number of aromatic nitrogens is 2. The summed E-state index contributed by atoms with van der Waals surface area (Å²) in [7, 11) is 0. The first-order valence-electron chi connectivity index (χ1n) is 4.73. The molecule has 5 nitrogen and oxygen atoms in total. The zero-order chi connectivity index (χ0) is 11.7. The van der Waals surface area contributed by atoms with Crippen molar-refractivity contribution in [1.29, 1.82) is 0 Å². The second kappa shape index (κ2) is 3.69. The Balaban J connectivity index is 2.49. The lowest BCUT2D eigenvalue weighted by molar-refractivity contribution is 0.0696. The predicted molar refractivity (Wildman–Crippen MR) is 59.7 cm³/mol. The van der Waals surface area contributed by atoms with Crippen LogP contribution in [0.2, 0.25) is 0 Å². The van der Waals surface area contributed by atoms with Crippen LogP contribution in [0.4, 0.5) is 5.69 Å². The van der Waals surface area contributed by atoms with Crippen molar-refractivity contribution in [3.63, 3.8) is 0 Å². The molecule has 0 bridgehead atoms. The van der Waals surface area contributed by atoms with Gasteiger partial charge >= 0.3 is 5.97 Å². The molecule has 2 aromatic rings. The number of aryl methyl sites for hydroxylation is 1. The zero-order valence-electron chi connectivity index (χ0n) is 8.71. The number of rotatable bonds is 2. The van der Waals surface area contributed by atoms with Crippen LogP contribution in [0.1, 0.15) is 16.1 Å². The molecule has 2 rings (SSSR count). The standard InChI is InChI=1S/C11H11N3O2/c1-7-10(11(15)16)6-14(13-7)9-4-2-3-8(12)5-9/h2-6H,12H2,1H3,(H,15,16). The first-order chi connectivity index (χ1) is 7.58. The van der Waals surface area contributed by atoms with E-state index < -0.39 is 5.97 Å². The molecule has 82 valence electrons. The van der Waals surface area contributed by atoms with Gasteiger partial charge in [-0.25, -0.2) is 9.48 Å². The summed E-state index contributed by atoms with van der Waals surface area (Å²) in [6.45, 7) is 1.66. The number of carbonyl (C=O) groups is 1. The van der Waals surface area contributed by atoms with Gasteiger partial charge in [-0.3, -0.25) is 0 Å². The van der Waals surface area contributed by atoms with Crippen LogP contribution in [-0.4, -0.2) is 20.9 Å². The van der Waals surface area contributed by atoms with Gasteiger partial charge in [0.2, 0.25) is 0 Å². The van der Waals surface area contributed by atoms with Gasteiger partial charge in [0.1, 0.15) is 5.56 Å². The maximum Gasteiger partial charge on any atom is 0.339 e. The molecule has 0 saturated carbocycles. The number of carboxylic acids is 1. The van der Waals surface area contributed by atoms with Crippen LogP contribution < -0.4 is 5.73 Å². The third-order valence-electron chi connectivity index (χ3n) is 2.26. The fraction of sp³-hybridized carbons (Fsp3) is 0.0909. The lowest BCUT2D eigenvalue weighted by Gasteiger charge is -2.01. The second-order valence-electron chi connectivity index (χ2n) is 3.47. The Bertz CT molecular complexity index is 546. The largest absolute Gasteiger partial charge is 0.478 e. The number of anilines is 1. The van der Waals surface area contributed by atoms with E-state index in [1.165, 1.54) is 10.9 Å². The molecule has 16 heavy (non-hydrogen) atoms. The number of hydrogen-bond donors (Lipinski definition) is 2. The molecule has 0 aliphatic rings. The summed E-state index contributed by atoms with van der Waals surface area (Å²) in [5.74, 6) is -0.979. The molecule has 5 heteroatoms. The Morgan fingerprint density at radius 3 is 2.81 bits per heavy atom. The highest BCUT2D eigenvalue weighted by molar-refractivity contribution is 5.88. The third-order valence-corrected chi connectivity index (χ3v) is 2.26. The number of nitrogen functional groups attached to an aromatic ring is 1. The minimum atomic E-state index is -0.979. The topological polar surface area (TPSA) is 81.1 Å². The minimum absolute atomic E-state index is 0.197. The molecule has 0 amide bonds. The molecule has 0 unspecified atom stereocenters. The van der Waals surface area contributed by atoms with Crippen LogP contribution in [0.3, 0.4) is 0 Å². The lowest BCUT2D eigenvalue weighted by Crippen LogP contribution is -1.96. The predicted octanol–water partition coefficient (Wildman–Crippen LogP) is 1.46. The molecule has 0 radical (unpaired) electrons. The molecule has 1 aromatic carbocycles. The monoisotopic (exact) mass is 217 g/mol. The molecule has 0 saturated heterocycles. The highest BCUT2D eigenvalue weighted by Gasteiger charge is 2.12. The molecular formula is C11H11N3O2. The molecule has 0 aliphatic carbocycles. The highest BCUT2D eigenvalue weighted by atomic mass is 16.4. The van der Waals surface area contributed by atoms with Gasteiger partial charge in [-0.1, -0.05) is 6.07 Å². The average Bonchev–Trinajstić information content (AvgIpc) is 2.60. The molecule has 0 atom stereocenters. The van der Waals surface area contributed by atoms with E-state index in [1.54, 1.807) is 25.1 Å². The van der Waals surface area contributed by atoms with Crippen molar-refractivity contribution in [1.82, 2.24) is 9.78 Å². The first kappa shape index (κ1) is 10.2. The molecule has 1 aromatic heterocycles. The fourth-order valence-corrected chi connectivity index (χ4v) is 1.47. The first-order valence-corrected chi connectivity index (χ1v) is 4.73. The van der Waals surface area contributed by atoms with Gasteiger partial charge in [0.05, 0.1) is 11.4 Å². The van der Waals surface area contributed by atoms with Crippen molar-refractivity contribution in [2.45, 2.75) is 6.92 Å². The van der Waals surface area contributed by atoms with E-state index in [4.69, 9.17) is 10.8 Å². The third kappa shape index (κ3) is 1.75. The van der Waals surface area contributed by atoms with Gasteiger partial charge < -0.3 is 10.8 Å². The van der Waals surface area contributed by atoms with Crippen molar-refractivity contribution < 1.29 is 9.90 Å². The van der Waals surface area contributed by atoms with E-state index in [0.29, 0.717) is 11.4 Å². The Labute approximate surface area is 92.1 Å². The molecule has 0 aliphatic heterocycles. The van der Waals surface area contributed by atoms with Crippen LogP contribution >= 0.6 is 0 Å². The smallest absolute Gasteiger partial charge is 0.339 e. The summed E-state index contributed by atoms with van der Waals surface area (Å²) in [5, 5.41) is 13.0. The van der Waals surface area contributed by atoms with E-state index >= 15 is 0 Å². The van der Waals surface area contributed by atoms with E-state index in [9.17, 15) is 4.79 Å². The highest BCUT2D eigenvalue weighted by Crippen LogP contribution is 2.14. The minimum Gasteiger partial charge on any atom is -0.478 e. The molecule has 1 heterocycles. The summed E-state index contributed by atoms with van der Waals surface area (Å²) in [4.78, 5) is 10.9. The number of carboxylic acid groups (broad SMARTS) is 1. The summed E-state index contributed by atoms with van der Waals surface area (Å²) >= 11 is 0. The Morgan fingerprint density at radius 2 is 2.25 bits per heavy atom. The van der Waals surface area contributed by atoms with Crippen LogP contribution in [-0.2, 0) is 0 Å². The lowest BCUT2D eigenvalue weighted by atomic mass is 10.2. The van der Waals surface area contributed by atoms with Crippen LogP contribution in [0.25, 0.3) is 5.69 Å². The number of hydrogen-bond acceptors (Lipinski definition) is 3. The average molecular weight is 217 g/mol. The SMILES string of the molecule is Cc1nn(-c2cccc(N)c2)cc1C(=O)O. The molecule has 3 N–H and O–H groups in total. The van der Waals surface area contributed by atoms with Gasteiger partial charge in [0, 0.05) is 11.9 Å². The maximum atomic E-state index is 10.9. The fourth-order valence-electron chi connectivity index (χ4n) is 1.47. The number of benzene rings is 1. The van der Waals surface area contributed by atoms with Crippen molar-refractivity contribution in [2.24, 2.45) is 0 Å². The number of nitrogens with zero attached hydrogens (tertiary/aromatic N) is 2. The summed E-state index contributed by atoms with van der Waals surface area (Å²) in [6.07, 6.45) is 1.48. The summed E-state index contributed by atoms with van der Waals surface area (Å²) in [5.41, 5.74) is 7.68. The van der Waals surface area contributed by atoms with Crippen LogP contribution in [0.5, 0.6) is 0 Å². The number of aromatic carboxylic acids is 1. The quantitative estimate of drug-likeness (QED) is 0.746. The van der Waals surface area contributed by atoms with E-state index in [0.717, 1.165) is 5.69 Å². The molecule has 0 spiro atoms. The normalized spacial score (nSPS) is 10.3. The van der Waals surface area contributed by atoms with E-state index in [1.807, 2.05) is 6.07 Å². The second-order valence-corrected chi connectivity index (χ2v) is 3.47. The van der Waals surface area contributed by atoms with Gasteiger partial charge in [-0.05, 0) is 25.1 Å². The van der Waals surface area contributed by atoms with E-state index in [-0.39, 0.29) is 5.56 Å². The summed E-state index contributed by atoms with van der Waals surface area (Å²) in [6, 6.07) is 7.10. The van der Waals surface area contributed by atoms with Gasteiger partial charge in [-0.2, -0.15) is 5.10 Å². The van der Waals surface area contributed by atoms with Crippen molar-refractivity contribution in [2.75, 3.05) is 5.73 Å². The maximum absolute atomic E-state index is 10.9. The molecule has 0 fully saturated rings.